The number of hydrogen-bond donors (Lipinski definition) is 0. The van der Waals surface area contributed by atoms with Crippen LogP contribution < -0.4 is 0 Å². The Kier molecular flexibility index (Phi) is 2.96. The summed E-state index contributed by atoms with van der Waals surface area (Å²) in [7, 11) is 1.38. The maximum Gasteiger partial charge on any atom is 0.334 e. The Hall–Kier alpha value is -1.36. The van der Waals surface area contributed by atoms with E-state index in [2.05, 4.69) is 9.98 Å². The number of carbonyl (C=O) groups is 1. The van der Waals surface area contributed by atoms with Crippen molar-refractivity contribution >= 4 is 22.8 Å². The van der Waals surface area contributed by atoms with Gasteiger partial charge in [-0.05, 0) is 19.1 Å². The second kappa shape index (κ2) is 4.25. The quantitative estimate of drug-likeness (QED) is 0.730. The number of ether oxygens (including phenoxy) is 1. The number of rotatable bonds is 2. The summed E-state index contributed by atoms with van der Waals surface area (Å²) in [5, 5.41) is 0.848. The normalized spacial score (nSPS) is 24.0. The topological polar surface area (TPSA) is 51.5 Å². The molecule has 1 unspecified atom stereocenters. The van der Waals surface area contributed by atoms with Crippen molar-refractivity contribution in [2.75, 3.05) is 12.9 Å². The minimum absolute atomic E-state index is 0.293. The molecule has 1 atom stereocenters. The molecule has 84 valence electrons. The first-order chi connectivity index (χ1) is 7.65. The fourth-order valence-corrected chi connectivity index (χ4v) is 2.61. The van der Waals surface area contributed by atoms with Crippen molar-refractivity contribution in [2.24, 2.45) is 4.99 Å². The monoisotopic (exact) mass is 236 g/mol. The summed E-state index contributed by atoms with van der Waals surface area (Å²) in [6.45, 7) is 1.79. The van der Waals surface area contributed by atoms with Gasteiger partial charge in [-0.15, -0.1) is 11.8 Å². The standard InChI is InChI=1S/C11H12N2O2S/c1-11(10(14)15-2)7-16-9(13-11)8-4-3-5-12-6-8/h3-6H,7H2,1-2H3. The minimum Gasteiger partial charge on any atom is -0.467 e. The molecule has 0 fully saturated rings. The molecular weight excluding hydrogens is 224 g/mol. The maximum atomic E-state index is 11.6. The molecule has 1 aromatic rings. The molecule has 0 aliphatic carbocycles. The van der Waals surface area contributed by atoms with Crippen LogP contribution in [0.4, 0.5) is 0 Å². The molecule has 0 aromatic carbocycles. The molecule has 0 saturated heterocycles. The fourth-order valence-electron chi connectivity index (χ4n) is 1.46. The molecule has 0 bridgehead atoms. The van der Waals surface area contributed by atoms with Gasteiger partial charge in [0.05, 0.1) is 7.11 Å². The molecule has 4 nitrogen and oxygen atoms in total. The van der Waals surface area contributed by atoms with Gasteiger partial charge >= 0.3 is 5.97 Å². The van der Waals surface area contributed by atoms with Gasteiger partial charge in [0.1, 0.15) is 5.04 Å². The first-order valence-corrected chi connectivity index (χ1v) is 5.86. The smallest absolute Gasteiger partial charge is 0.334 e. The van der Waals surface area contributed by atoms with Crippen LogP contribution in [0.15, 0.2) is 29.5 Å². The third kappa shape index (κ3) is 1.95. The van der Waals surface area contributed by atoms with E-state index in [1.165, 1.54) is 7.11 Å². The van der Waals surface area contributed by atoms with E-state index >= 15 is 0 Å². The van der Waals surface area contributed by atoms with E-state index in [0.29, 0.717) is 5.75 Å². The lowest BCUT2D eigenvalue weighted by Crippen LogP contribution is -2.34. The molecule has 2 rings (SSSR count). The van der Waals surface area contributed by atoms with Gasteiger partial charge in [0, 0.05) is 23.7 Å². The van der Waals surface area contributed by atoms with Crippen LogP contribution in [0.1, 0.15) is 12.5 Å². The molecule has 1 aliphatic heterocycles. The summed E-state index contributed by atoms with van der Waals surface area (Å²) in [6.07, 6.45) is 3.46. The predicted octanol–water partition coefficient (Wildman–Crippen LogP) is 1.51. The number of pyridine rings is 1. The Morgan fingerprint density at radius 1 is 1.62 bits per heavy atom. The van der Waals surface area contributed by atoms with Gasteiger partial charge in [0.25, 0.3) is 0 Å². The number of carbonyl (C=O) groups excluding carboxylic acids is 1. The summed E-state index contributed by atoms with van der Waals surface area (Å²) >= 11 is 1.56. The summed E-state index contributed by atoms with van der Waals surface area (Å²) in [5.41, 5.74) is 0.185. The van der Waals surface area contributed by atoms with Crippen LogP contribution in [-0.2, 0) is 9.53 Å². The number of aromatic nitrogens is 1. The van der Waals surface area contributed by atoms with Crippen molar-refractivity contribution < 1.29 is 9.53 Å². The Balaban J connectivity index is 2.28. The summed E-state index contributed by atoms with van der Waals surface area (Å²) in [5.74, 6) is 0.322. The van der Waals surface area contributed by atoms with Gasteiger partial charge in [0.2, 0.25) is 0 Å². The first kappa shape index (κ1) is 11.1. The maximum absolute atomic E-state index is 11.6. The molecular formula is C11H12N2O2S. The van der Waals surface area contributed by atoms with Crippen LogP contribution in [0.5, 0.6) is 0 Å². The highest BCUT2D eigenvalue weighted by atomic mass is 32.2. The highest BCUT2D eigenvalue weighted by Gasteiger charge is 2.39. The fraction of sp³-hybridized carbons (Fsp3) is 0.364. The van der Waals surface area contributed by atoms with Gasteiger partial charge in [-0.3, -0.25) is 9.98 Å². The third-order valence-electron chi connectivity index (χ3n) is 2.37. The van der Waals surface area contributed by atoms with Gasteiger partial charge in [-0.25, -0.2) is 4.79 Å². The van der Waals surface area contributed by atoms with E-state index in [9.17, 15) is 4.79 Å². The largest absolute Gasteiger partial charge is 0.467 e. The summed E-state index contributed by atoms with van der Waals surface area (Å²) in [4.78, 5) is 20.0. The van der Waals surface area contributed by atoms with Crippen molar-refractivity contribution in [1.29, 1.82) is 0 Å². The van der Waals surface area contributed by atoms with Gasteiger partial charge in [0.15, 0.2) is 5.54 Å². The number of aliphatic imine (C=N–C) groups is 1. The Labute approximate surface area is 98.1 Å². The average molecular weight is 236 g/mol. The second-order valence-electron chi connectivity index (χ2n) is 3.71. The molecule has 0 saturated carbocycles. The molecule has 1 aliphatic rings. The van der Waals surface area contributed by atoms with Crippen molar-refractivity contribution in [1.82, 2.24) is 4.98 Å². The molecule has 1 aromatic heterocycles. The molecule has 0 spiro atoms. The highest BCUT2D eigenvalue weighted by Crippen LogP contribution is 2.31. The van der Waals surface area contributed by atoms with Crippen LogP contribution in [0.25, 0.3) is 0 Å². The summed E-state index contributed by atoms with van der Waals surface area (Å²) < 4.78 is 4.75. The zero-order valence-electron chi connectivity index (χ0n) is 9.14. The van der Waals surface area contributed by atoms with Gasteiger partial charge in [-0.2, -0.15) is 0 Å². The Morgan fingerprint density at radius 3 is 3.06 bits per heavy atom. The molecule has 2 heterocycles. The van der Waals surface area contributed by atoms with Crippen LogP contribution in [0.2, 0.25) is 0 Å². The Bertz CT molecular complexity index is 433. The highest BCUT2D eigenvalue weighted by molar-refractivity contribution is 8.14. The second-order valence-corrected chi connectivity index (χ2v) is 4.68. The van der Waals surface area contributed by atoms with E-state index in [-0.39, 0.29) is 5.97 Å². The van der Waals surface area contributed by atoms with Crippen LogP contribution in [-0.4, -0.2) is 34.4 Å². The van der Waals surface area contributed by atoms with E-state index in [4.69, 9.17) is 4.74 Å². The van der Waals surface area contributed by atoms with E-state index in [1.54, 1.807) is 31.1 Å². The lowest BCUT2D eigenvalue weighted by atomic mass is 10.1. The van der Waals surface area contributed by atoms with Crippen LogP contribution in [0, 0.1) is 0 Å². The van der Waals surface area contributed by atoms with Gasteiger partial charge in [-0.1, -0.05) is 0 Å². The van der Waals surface area contributed by atoms with Crippen LogP contribution in [0.3, 0.4) is 0 Å². The van der Waals surface area contributed by atoms with E-state index in [0.717, 1.165) is 10.6 Å². The number of methoxy groups -OCH3 is 1. The van der Waals surface area contributed by atoms with E-state index < -0.39 is 5.54 Å². The van der Waals surface area contributed by atoms with Gasteiger partial charge < -0.3 is 4.74 Å². The molecule has 0 N–H and O–H groups in total. The third-order valence-corrected chi connectivity index (χ3v) is 3.68. The lowest BCUT2D eigenvalue weighted by Gasteiger charge is -2.15. The first-order valence-electron chi connectivity index (χ1n) is 4.87. The molecule has 16 heavy (non-hydrogen) atoms. The average Bonchev–Trinajstić information content (AvgIpc) is 2.73. The van der Waals surface area contributed by atoms with Crippen molar-refractivity contribution in [2.45, 2.75) is 12.5 Å². The zero-order chi connectivity index (χ0) is 11.6. The number of esters is 1. The number of hydrogen-bond acceptors (Lipinski definition) is 5. The van der Waals surface area contributed by atoms with E-state index in [1.807, 2.05) is 12.1 Å². The number of thioether (sulfide) groups is 1. The minimum atomic E-state index is -0.759. The van der Waals surface area contributed by atoms with Crippen molar-refractivity contribution in [3.63, 3.8) is 0 Å². The van der Waals surface area contributed by atoms with Crippen molar-refractivity contribution in [3.05, 3.63) is 30.1 Å². The Morgan fingerprint density at radius 2 is 2.44 bits per heavy atom. The summed E-state index contributed by atoms with van der Waals surface area (Å²) in [6, 6.07) is 3.79. The predicted molar refractivity (Wildman–Crippen MR) is 63.7 cm³/mol. The molecule has 5 heteroatoms. The number of nitrogens with zero attached hydrogens (tertiary/aromatic N) is 2. The zero-order valence-corrected chi connectivity index (χ0v) is 9.95. The SMILES string of the molecule is COC(=O)C1(C)CSC(c2cccnc2)=N1. The van der Waals surface area contributed by atoms with Crippen molar-refractivity contribution in [3.8, 4) is 0 Å². The lowest BCUT2D eigenvalue weighted by molar-refractivity contribution is -0.145. The molecule has 0 radical (unpaired) electrons. The van der Waals surface area contributed by atoms with Crippen LogP contribution >= 0.6 is 11.8 Å². The molecule has 0 amide bonds.